The molecular weight excluding hydrogens is 408 g/mol. The van der Waals surface area contributed by atoms with Crippen molar-refractivity contribution in [3.8, 4) is 17.1 Å². The van der Waals surface area contributed by atoms with Gasteiger partial charge in [0.1, 0.15) is 12.3 Å². The van der Waals surface area contributed by atoms with Crippen molar-refractivity contribution in [2.24, 2.45) is 5.92 Å². The topological polar surface area (TPSA) is 111 Å². The number of nitrogens with one attached hydrogen (secondary N) is 2. The Hall–Kier alpha value is -3.75. The number of anilines is 2. The number of carbonyl (C=O) groups excluding carboxylic acids is 2. The lowest BCUT2D eigenvalue weighted by Gasteiger charge is -2.21. The molecule has 2 amide bonds. The molecule has 1 saturated carbocycles. The van der Waals surface area contributed by atoms with Gasteiger partial charge in [-0.3, -0.25) is 9.59 Å². The third kappa shape index (κ3) is 5.29. The number of rotatable bonds is 7. The molecule has 2 N–H and O–H groups in total. The monoisotopic (exact) mass is 434 g/mol. The van der Waals surface area contributed by atoms with Crippen LogP contribution in [0.2, 0.25) is 0 Å². The van der Waals surface area contributed by atoms with Crippen molar-refractivity contribution < 1.29 is 14.3 Å². The third-order valence-electron chi connectivity index (χ3n) is 5.51. The fourth-order valence-corrected chi connectivity index (χ4v) is 3.81. The molecule has 0 radical (unpaired) electrons. The van der Waals surface area contributed by atoms with Crippen molar-refractivity contribution in [1.82, 2.24) is 20.2 Å². The molecule has 1 fully saturated rings. The van der Waals surface area contributed by atoms with Crippen LogP contribution in [0.15, 0.2) is 48.5 Å². The van der Waals surface area contributed by atoms with Gasteiger partial charge in [-0.2, -0.15) is 4.80 Å². The molecule has 9 heteroatoms. The summed E-state index contributed by atoms with van der Waals surface area (Å²) in [6.45, 7) is -0.0877. The average molecular weight is 435 g/mol. The largest absolute Gasteiger partial charge is 0.497 e. The maximum absolute atomic E-state index is 12.7. The van der Waals surface area contributed by atoms with E-state index >= 15 is 0 Å². The first kappa shape index (κ1) is 21.5. The van der Waals surface area contributed by atoms with Gasteiger partial charge in [-0.05, 0) is 54.5 Å². The molecule has 0 bridgehead atoms. The van der Waals surface area contributed by atoms with Gasteiger partial charge >= 0.3 is 0 Å². The predicted octanol–water partition coefficient (Wildman–Crippen LogP) is 3.51. The van der Waals surface area contributed by atoms with Gasteiger partial charge in [0.2, 0.25) is 17.6 Å². The van der Waals surface area contributed by atoms with Crippen molar-refractivity contribution >= 4 is 23.2 Å². The number of aromatic nitrogens is 4. The van der Waals surface area contributed by atoms with Crippen molar-refractivity contribution in [3.05, 3.63) is 48.5 Å². The van der Waals surface area contributed by atoms with E-state index in [1.807, 2.05) is 24.3 Å². The van der Waals surface area contributed by atoms with Crippen molar-refractivity contribution in [1.29, 1.82) is 0 Å². The van der Waals surface area contributed by atoms with Crippen molar-refractivity contribution in [3.63, 3.8) is 0 Å². The predicted molar refractivity (Wildman–Crippen MR) is 120 cm³/mol. The smallest absolute Gasteiger partial charge is 0.248 e. The van der Waals surface area contributed by atoms with Gasteiger partial charge in [0.25, 0.3) is 0 Å². The van der Waals surface area contributed by atoms with Crippen LogP contribution in [0.3, 0.4) is 0 Å². The molecular formula is C23H26N6O3. The molecule has 0 unspecified atom stereocenters. The molecule has 0 saturated heterocycles. The van der Waals surface area contributed by atoms with E-state index in [0.29, 0.717) is 28.5 Å². The van der Waals surface area contributed by atoms with Crippen LogP contribution in [0.25, 0.3) is 11.4 Å². The van der Waals surface area contributed by atoms with Gasteiger partial charge in [-0.1, -0.05) is 31.4 Å². The molecule has 0 spiro atoms. The first-order valence-corrected chi connectivity index (χ1v) is 10.7. The highest BCUT2D eigenvalue weighted by Crippen LogP contribution is 2.28. The second-order valence-electron chi connectivity index (χ2n) is 7.79. The van der Waals surface area contributed by atoms with E-state index in [4.69, 9.17) is 4.74 Å². The van der Waals surface area contributed by atoms with Crippen LogP contribution in [0, 0.1) is 5.92 Å². The van der Waals surface area contributed by atoms with Crippen LogP contribution >= 0.6 is 0 Å². The van der Waals surface area contributed by atoms with Crippen molar-refractivity contribution in [2.45, 2.75) is 38.6 Å². The van der Waals surface area contributed by atoms with Crippen LogP contribution in [-0.2, 0) is 16.1 Å². The normalized spacial score (nSPS) is 14.0. The summed E-state index contributed by atoms with van der Waals surface area (Å²) in [6.07, 6.45) is 5.22. The Balaban J connectivity index is 1.41. The highest BCUT2D eigenvalue weighted by Gasteiger charge is 2.22. The number of para-hydroxylation sites is 1. The number of amides is 2. The number of tetrazole rings is 1. The van der Waals surface area contributed by atoms with Crippen LogP contribution in [0.1, 0.15) is 32.1 Å². The van der Waals surface area contributed by atoms with Crippen LogP contribution in [-0.4, -0.2) is 39.1 Å². The molecule has 1 aliphatic carbocycles. The molecule has 0 aliphatic heterocycles. The Morgan fingerprint density at radius 2 is 1.78 bits per heavy atom. The summed E-state index contributed by atoms with van der Waals surface area (Å²) < 4.78 is 5.11. The first-order valence-electron chi connectivity index (χ1n) is 10.7. The SMILES string of the molecule is COc1ccc(NC(=O)Cn2nnc(-c3ccccc3NC(=O)C3CCCCC3)n2)cc1. The Morgan fingerprint density at radius 1 is 1.03 bits per heavy atom. The summed E-state index contributed by atoms with van der Waals surface area (Å²) in [4.78, 5) is 26.3. The highest BCUT2D eigenvalue weighted by molar-refractivity contribution is 5.96. The molecule has 9 nitrogen and oxygen atoms in total. The van der Waals surface area contributed by atoms with Gasteiger partial charge < -0.3 is 15.4 Å². The Labute approximate surface area is 186 Å². The zero-order valence-corrected chi connectivity index (χ0v) is 18.0. The van der Waals surface area contributed by atoms with Gasteiger partial charge in [-0.25, -0.2) is 0 Å². The molecule has 2 aromatic carbocycles. The van der Waals surface area contributed by atoms with Gasteiger partial charge in [-0.15, -0.1) is 10.2 Å². The van der Waals surface area contributed by atoms with Crippen molar-refractivity contribution in [2.75, 3.05) is 17.7 Å². The molecule has 0 atom stereocenters. The minimum absolute atomic E-state index is 0.0309. The molecule has 32 heavy (non-hydrogen) atoms. The van der Waals surface area contributed by atoms with E-state index in [1.165, 1.54) is 11.2 Å². The second kappa shape index (κ2) is 10.0. The zero-order valence-electron chi connectivity index (χ0n) is 18.0. The summed E-state index contributed by atoms with van der Waals surface area (Å²) in [5.74, 6) is 0.852. The average Bonchev–Trinajstić information content (AvgIpc) is 3.28. The molecule has 1 aromatic heterocycles. The first-order chi connectivity index (χ1) is 15.6. The van der Waals surface area contributed by atoms with Gasteiger partial charge in [0.15, 0.2) is 0 Å². The number of carbonyl (C=O) groups is 2. The van der Waals surface area contributed by atoms with Gasteiger partial charge in [0, 0.05) is 17.2 Å². The van der Waals surface area contributed by atoms with E-state index in [-0.39, 0.29) is 24.3 Å². The second-order valence-corrected chi connectivity index (χ2v) is 7.79. The maximum Gasteiger partial charge on any atom is 0.248 e. The molecule has 3 aromatic rings. The zero-order chi connectivity index (χ0) is 22.3. The molecule has 166 valence electrons. The number of nitrogens with zero attached hydrogens (tertiary/aromatic N) is 4. The Morgan fingerprint density at radius 3 is 2.53 bits per heavy atom. The maximum atomic E-state index is 12.7. The van der Waals surface area contributed by atoms with Crippen LogP contribution in [0.5, 0.6) is 5.75 Å². The number of benzene rings is 2. The third-order valence-corrected chi connectivity index (χ3v) is 5.51. The van der Waals surface area contributed by atoms with E-state index in [9.17, 15) is 9.59 Å². The summed E-state index contributed by atoms with van der Waals surface area (Å²) in [6, 6.07) is 14.4. The highest BCUT2D eigenvalue weighted by atomic mass is 16.5. The number of hydrogen-bond acceptors (Lipinski definition) is 6. The number of hydrogen-bond donors (Lipinski definition) is 2. The summed E-state index contributed by atoms with van der Waals surface area (Å²) in [5, 5.41) is 18.2. The van der Waals surface area contributed by atoms with Crippen LogP contribution < -0.4 is 15.4 Å². The Bertz CT molecular complexity index is 1070. The quantitative estimate of drug-likeness (QED) is 0.589. The fourth-order valence-electron chi connectivity index (χ4n) is 3.81. The molecule has 4 rings (SSSR count). The Kier molecular flexibility index (Phi) is 6.74. The minimum atomic E-state index is -0.280. The van der Waals surface area contributed by atoms with Gasteiger partial charge in [0.05, 0.1) is 12.8 Å². The lowest BCUT2D eigenvalue weighted by Crippen LogP contribution is -2.25. The van der Waals surface area contributed by atoms with E-state index in [0.717, 1.165) is 25.7 Å². The number of methoxy groups -OCH3 is 1. The van der Waals surface area contributed by atoms with E-state index in [2.05, 4.69) is 26.0 Å². The number of ether oxygens (including phenoxy) is 1. The van der Waals surface area contributed by atoms with E-state index < -0.39 is 0 Å². The molecule has 1 heterocycles. The standard InChI is InChI=1S/C23H26N6O3/c1-32-18-13-11-17(12-14-18)24-21(30)15-29-27-22(26-28-29)19-9-5-6-10-20(19)25-23(31)16-7-3-2-4-8-16/h5-6,9-14,16H,2-4,7-8,15H2,1H3,(H,24,30)(H,25,31). The molecule has 1 aliphatic rings. The lowest BCUT2D eigenvalue weighted by molar-refractivity contribution is -0.120. The summed E-state index contributed by atoms with van der Waals surface area (Å²) >= 11 is 0. The summed E-state index contributed by atoms with van der Waals surface area (Å²) in [7, 11) is 1.58. The van der Waals surface area contributed by atoms with E-state index in [1.54, 1.807) is 31.4 Å². The fraction of sp³-hybridized carbons (Fsp3) is 0.348. The van der Waals surface area contributed by atoms with Crippen LogP contribution in [0.4, 0.5) is 11.4 Å². The lowest BCUT2D eigenvalue weighted by atomic mass is 9.88. The summed E-state index contributed by atoms with van der Waals surface area (Å²) in [5.41, 5.74) is 1.95. The minimum Gasteiger partial charge on any atom is -0.497 e.